The SMILES string of the molecule is Cc1cccc(CCC(=O)NCC2CCCCC2CCl)c1. The zero-order valence-corrected chi connectivity index (χ0v) is 13.7. The second kappa shape index (κ2) is 8.43. The van der Waals surface area contributed by atoms with Crippen LogP contribution in [0.2, 0.25) is 0 Å². The minimum atomic E-state index is 0.162. The average Bonchev–Trinajstić information content (AvgIpc) is 2.51. The molecule has 1 saturated carbocycles. The number of nitrogens with one attached hydrogen (secondary N) is 1. The van der Waals surface area contributed by atoms with Gasteiger partial charge in [-0.2, -0.15) is 0 Å². The highest BCUT2D eigenvalue weighted by atomic mass is 35.5. The first kappa shape index (κ1) is 16.4. The second-order valence-corrected chi connectivity index (χ2v) is 6.56. The van der Waals surface area contributed by atoms with Crippen LogP contribution in [0.4, 0.5) is 0 Å². The van der Waals surface area contributed by atoms with Crippen LogP contribution >= 0.6 is 11.6 Å². The maximum absolute atomic E-state index is 12.0. The Bertz CT molecular complexity index is 460. The van der Waals surface area contributed by atoms with Gasteiger partial charge in [0.1, 0.15) is 0 Å². The molecule has 1 aromatic rings. The number of aryl methyl sites for hydroxylation is 2. The van der Waals surface area contributed by atoms with Gasteiger partial charge in [0.25, 0.3) is 0 Å². The summed E-state index contributed by atoms with van der Waals surface area (Å²) in [6.45, 7) is 2.88. The summed E-state index contributed by atoms with van der Waals surface area (Å²) in [5, 5.41) is 3.10. The molecular weight excluding hydrogens is 282 g/mol. The van der Waals surface area contributed by atoms with Gasteiger partial charge in [0.05, 0.1) is 0 Å². The van der Waals surface area contributed by atoms with Crippen molar-refractivity contribution in [1.82, 2.24) is 5.32 Å². The maximum Gasteiger partial charge on any atom is 0.220 e. The highest BCUT2D eigenvalue weighted by molar-refractivity contribution is 6.18. The summed E-state index contributed by atoms with van der Waals surface area (Å²) in [7, 11) is 0. The molecule has 2 rings (SSSR count). The van der Waals surface area contributed by atoms with E-state index in [1.54, 1.807) is 0 Å². The van der Waals surface area contributed by atoms with Crippen molar-refractivity contribution in [1.29, 1.82) is 0 Å². The van der Waals surface area contributed by atoms with Crippen molar-refractivity contribution in [3.63, 3.8) is 0 Å². The molecular formula is C18H26ClNO. The lowest BCUT2D eigenvalue weighted by Crippen LogP contribution is -2.35. The van der Waals surface area contributed by atoms with Gasteiger partial charge in [-0.25, -0.2) is 0 Å². The smallest absolute Gasteiger partial charge is 0.220 e. The summed E-state index contributed by atoms with van der Waals surface area (Å²) in [6, 6.07) is 8.37. The molecule has 0 aromatic heterocycles. The van der Waals surface area contributed by atoms with Crippen LogP contribution in [0.1, 0.15) is 43.2 Å². The molecule has 0 aliphatic heterocycles. The molecule has 2 unspecified atom stereocenters. The lowest BCUT2D eigenvalue weighted by molar-refractivity contribution is -0.121. The lowest BCUT2D eigenvalue weighted by Gasteiger charge is -2.30. The summed E-state index contributed by atoms with van der Waals surface area (Å²) >= 11 is 6.03. The number of hydrogen-bond acceptors (Lipinski definition) is 1. The molecule has 0 bridgehead atoms. The molecule has 1 aromatic carbocycles. The zero-order valence-electron chi connectivity index (χ0n) is 12.9. The Morgan fingerprint density at radius 3 is 2.76 bits per heavy atom. The molecule has 3 heteroatoms. The van der Waals surface area contributed by atoms with Gasteiger partial charge in [-0.3, -0.25) is 4.79 Å². The highest BCUT2D eigenvalue weighted by Crippen LogP contribution is 2.30. The molecule has 0 saturated heterocycles. The molecule has 116 valence electrons. The molecule has 0 spiro atoms. The molecule has 21 heavy (non-hydrogen) atoms. The van der Waals surface area contributed by atoms with Gasteiger partial charge in [0.15, 0.2) is 0 Å². The minimum Gasteiger partial charge on any atom is -0.356 e. The molecule has 0 heterocycles. The summed E-state index contributed by atoms with van der Waals surface area (Å²) in [5.41, 5.74) is 2.49. The number of halogens is 1. The monoisotopic (exact) mass is 307 g/mol. The number of rotatable bonds is 6. The summed E-state index contributed by atoms with van der Waals surface area (Å²) < 4.78 is 0. The van der Waals surface area contributed by atoms with Crippen LogP contribution in [0.25, 0.3) is 0 Å². The van der Waals surface area contributed by atoms with Crippen molar-refractivity contribution in [2.45, 2.75) is 45.4 Å². The van der Waals surface area contributed by atoms with E-state index < -0.39 is 0 Å². The zero-order chi connectivity index (χ0) is 15.1. The topological polar surface area (TPSA) is 29.1 Å². The van der Waals surface area contributed by atoms with Crippen LogP contribution < -0.4 is 5.32 Å². The van der Waals surface area contributed by atoms with Crippen molar-refractivity contribution in [2.75, 3.05) is 12.4 Å². The van der Waals surface area contributed by atoms with Crippen LogP contribution in [-0.4, -0.2) is 18.3 Å². The third-order valence-corrected chi connectivity index (χ3v) is 4.95. The van der Waals surface area contributed by atoms with Crippen LogP contribution in [0.15, 0.2) is 24.3 Å². The number of carbonyl (C=O) groups excluding carboxylic acids is 1. The summed E-state index contributed by atoms with van der Waals surface area (Å²) in [5.74, 6) is 2.04. The predicted octanol–water partition coefficient (Wildman–Crippen LogP) is 4.09. The highest BCUT2D eigenvalue weighted by Gasteiger charge is 2.24. The van der Waals surface area contributed by atoms with Gasteiger partial charge in [-0.05, 0) is 43.6 Å². The number of alkyl halides is 1. The molecule has 1 aliphatic carbocycles. The maximum atomic E-state index is 12.0. The lowest BCUT2D eigenvalue weighted by atomic mass is 9.80. The van der Waals surface area contributed by atoms with Crippen LogP contribution in [-0.2, 0) is 11.2 Å². The van der Waals surface area contributed by atoms with Crippen molar-refractivity contribution in [3.8, 4) is 0 Å². The Labute approximate surface area is 133 Å². The molecule has 1 aliphatic rings. The number of benzene rings is 1. The van der Waals surface area contributed by atoms with Gasteiger partial charge in [0.2, 0.25) is 5.91 Å². The third-order valence-electron chi connectivity index (χ3n) is 4.55. The fraction of sp³-hybridized carbons (Fsp3) is 0.611. The van der Waals surface area contributed by atoms with Crippen molar-refractivity contribution < 1.29 is 4.79 Å². The number of amides is 1. The van der Waals surface area contributed by atoms with Gasteiger partial charge in [-0.1, -0.05) is 42.7 Å². The Kier molecular flexibility index (Phi) is 6.56. The van der Waals surface area contributed by atoms with E-state index in [0.29, 0.717) is 18.3 Å². The standard InChI is InChI=1S/C18H26ClNO/c1-14-5-4-6-15(11-14)9-10-18(21)20-13-17-8-3-2-7-16(17)12-19/h4-6,11,16-17H,2-3,7-10,12-13H2,1H3,(H,20,21). The van der Waals surface area contributed by atoms with E-state index in [1.807, 2.05) is 0 Å². The molecule has 0 radical (unpaired) electrons. The van der Waals surface area contributed by atoms with E-state index in [0.717, 1.165) is 18.8 Å². The van der Waals surface area contributed by atoms with E-state index in [9.17, 15) is 4.79 Å². The van der Waals surface area contributed by atoms with Crippen LogP contribution in [0.5, 0.6) is 0 Å². The van der Waals surface area contributed by atoms with E-state index in [4.69, 9.17) is 11.6 Å². The average molecular weight is 308 g/mol. The summed E-state index contributed by atoms with van der Waals surface area (Å²) in [4.78, 5) is 12.0. The summed E-state index contributed by atoms with van der Waals surface area (Å²) in [6.07, 6.45) is 6.37. The first-order valence-electron chi connectivity index (χ1n) is 8.07. The Balaban J connectivity index is 1.72. The first-order chi connectivity index (χ1) is 10.2. The Hall–Kier alpha value is -1.02. The molecule has 1 fully saturated rings. The Morgan fingerprint density at radius 1 is 1.29 bits per heavy atom. The molecule has 2 atom stereocenters. The van der Waals surface area contributed by atoms with E-state index in [2.05, 4.69) is 36.5 Å². The molecule has 1 amide bonds. The van der Waals surface area contributed by atoms with Crippen molar-refractivity contribution in [3.05, 3.63) is 35.4 Å². The van der Waals surface area contributed by atoms with E-state index in [-0.39, 0.29) is 5.91 Å². The fourth-order valence-corrected chi connectivity index (χ4v) is 3.62. The number of carbonyl (C=O) groups is 1. The van der Waals surface area contributed by atoms with Crippen molar-refractivity contribution >= 4 is 17.5 Å². The van der Waals surface area contributed by atoms with Crippen LogP contribution in [0, 0.1) is 18.8 Å². The van der Waals surface area contributed by atoms with Gasteiger partial charge in [0, 0.05) is 18.8 Å². The first-order valence-corrected chi connectivity index (χ1v) is 8.60. The van der Waals surface area contributed by atoms with Gasteiger partial charge < -0.3 is 5.32 Å². The van der Waals surface area contributed by atoms with E-state index >= 15 is 0 Å². The van der Waals surface area contributed by atoms with Crippen LogP contribution in [0.3, 0.4) is 0 Å². The largest absolute Gasteiger partial charge is 0.356 e. The quantitative estimate of drug-likeness (QED) is 0.788. The van der Waals surface area contributed by atoms with Crippen molar-refractivity contribution in [2.24, 2.45) is 11.8 Å². The molecule has 1 N–H and O–H groups in total. The normalized spacial score (nSPS) is 22.0. The van der Waals surface area contributed by atoms with Gasteiger partial charge >= 0.3 is 0 Å². The van der Waals surface area contributed by atoms with Gasteiger partial charge in [-0.15, -0.1) is 11.6 Å². The third kappa shape index (κ3) is 5.35. The Morgan fingerprint density at radius 2 is 2.05 bits per heavy atom. The fourth-order valence-electron chi connectivity index (χ4n) is 3.22. The minimum absolute atomic E-state index is 0.162. The predicted molar refractivity (Wildman–Crippen MR) is 88.7 cm³/mol. The number of hydrogen-bond donors (Lipinski definition) is 1. The van der Waals surface area contributed by atoms with E-state index in [1.165, 1.54) is 36.8 Å². The second-order valence-electron chi connectivity index (χ2n) is 6.25. The molecule has 2 nitrogen and oxygen atoms in total.